The van der Waals surface area contributed by atoms with Crippen LogP contribution in [0.2, 0.25) is 0 Å². The lowest BCUT2D eigenvalue weighted by Gasteiger charge is -2.33. The number of benzene rings is 1. The first-order valence-corrected chi connectivity index (χ1v) is 10.0. The molecule has 1 atom stereocenters. The maximum atomic E-state index is 13.2. The summed E-state index contributed by atoms with van der Waals surface area (Å²) >= 11 is 1.63. The van der Waals surface area contributed by atoms with Gasteiger partial charge in [-0.1, -0.05) is 18.2 Å². The van der Waals surface area contributed by atoms with Crippen molar-refractivity contribution in [3.05, 3.63) is 59.0 Å². The van der Waals surface area contributed by atoms with Gasteiger partial charge in [-0.2, -0.15) is 10.1 Å². The fraction of sp³-hybridized carbons (Fsp3) is 0.300. The molecule has 1 aliphatic heterocycles. The Labute approximate surface area is 160 Å². The van der Waals surface area contributed by atoms with Crippen LogP contribution in [0.15, 0.2) is 42.0 Å². The van der Waals surface area contributed by atoms with E-state index in [2.05, 4.69) is 27.2 Å². The van der Waals surface area contributed by atoms with E-state index < -0.39 is 0 Å². The Morgan fingerprint density at radius 2 is 2.19 bits per heavy atom. The van der Waals surface area contributed by atoms with Crippen LogP contribution >= 0.6 is 11.3 Å². The molecule has 0 N–H and O–H groups in total. The number of aryl methyl sites for hydroxylation is 1. The second kappa shape index (κ2) is 6.42. The Balaban J connectivity index is 1.47. The van der Waals surface area contributed by atoms with Crippen LogP contribution in [0.3, 0.4) is 0 Å². The highest BCUT2D eigenvalue weighted by Gasteiger charge is 2.28. The summed E-state index contributed by atoms with van der Waals surface area (Å²) in [6.45, 7) is 3.47. The minimum atomic E-state index is 0.123. The molecular formula is C20H19N5OS. The predicted octanol–water partition coefficient (Wildman–Crippen LogP) is 3.67. The van der Waals surface area contributed by atoms with Crippen LogP contribution in [0, 0.1) is 6.92 Å². The first kappa shape index (κ1) is 16.4. The van der Waals surface area contributed by atoms with Crippen molar-refractivity contribution in [3.63, 3.8) is 0 Å². The number of rotatable bonds is 2. The van der Waals surface area contributed by atoms with Crippen LogP contribution in [-0.2, 0) is 0 Å². The summed E-state index contributed by atoms with van der Waals surface area (Å²) in [6.07, 6.45) is 3.55. The average molecular weight is 377 g/mol. The zero-order chi connectivity index (χ0) is 18.4. The molecule has 1 fully saturated rings. The van der Waals surface area contributed by atoms with E-state index >= 15 is 0 Å². The molecule has 0 aliphatic carbocycles. The molecule has 136 valence electrons. The Bertz CT molecular complexity index is 1150. The predicted molar refractivity (Wildman–Crippen MR) is 105 cm³/mol. The van der Waals surface area contributed by atoms with Crippen LogP contribution in [0.1, 0.15) is 40.5 Å². The zero-order valence-electron chi connectivity index (χ0n) is 15.0. The lowest BCUT2D eigenvalue weighted by Crippen LogP contribution is -2.39. The van der Waals surface area contributed by atoms with Gasteiger partial charge in [0.1, 0.15) is 6.33 Å². The largest absolute Gasteiger partial charge is 0.338 e. The van der Waals surface area contributed by atoms with E-state index in [9.17, 15) is 4.79 Å². The van der Waals surface area contributed by atoms with E-state index in [1.807, 2.05) is 39.9 Å². The third kappa shape index (κ3) is 2.78. The highest BCUT2D eigenvalue weighted by Crippen LogP contribution is 2.31. The summed E-state index contributed by atoms with van der Waals surface area (Å²) in [5.41, 5.74) is 2.83. The van der Waals surface area contributed by atoms with Crippen molar-refractivity contribution >= 4 is 33.1 Å². The molecule has 0 bridgehead atoms. The van der Waals surface area contributed by atoms with Gasteiger partial charge in [0.2, 0.25) is 0 Å². The maximum absolute atomic E-state index is 13.2. The molecule has 5 rings (SSSR count). The van der Waals surface area contributed by atoms with Gasteiger partial charge in [-0.15, -0.1) is 11.3 Å². The lowest BCUT2D eigenvalue weighted by molar-refractivity contribution is 0.0707. The topological polar surface area (TPSA) is 63.4 Å². The third-order valence-electron chi connectivity index (χ3n) is 5.25. The number of fused-ring (bicyclic) bond motifs is 2. The van der Waals surface area contributed by atoms with E-state index in [1.54, 1.807) is 11.3 Å². The highest BCUT2D eigenvalue weighted by molar-refractivity contribution is 7.17. The van der Waals surface area contributed by atoms with E-state index in [0.717, 1.165) is 46.4 Å². The Morgan fingerprint density at radius 1 is 1.30 bits per heavy atom. The van der Waals surface area contributed by atoms with Crippen molar-refractivity contribution in [1.29, 1.82) is 0 Å². The molecule has 6 nitrogen and oxygen atoms in total. The molecular weight excluding hydrogens is 358 g/mol. The van der Waals surface area contributed by atoms with Crippen molar-refractivity contribution in [2.75, 3.05) is 13.1 Å². The van der Waals surface area contributed by atoms with Crippen LogP contribution < -0.4 is 0 Å². The number of hydrogen-bond donors (Lipinski definition) is 0. The monoisotopic (exact) mass is 377 g/mol. The van der Waals surface area contributed by atoms with Gasteiger partial charge in [-0.05, 0) is 31.9 Å². The number of likely N-dealkylation sites (tertiary alicyclic amines) is 1. The first-order chi connectivity index (χ1) is 13.2. The number of carbonyl (C=O) groups excluding carboxylic acids is 1. The van der Waals surface area contributed by atoms with Crippen molar-refractivity contribution < 1.29 is 4.79 Å². The normalized spacial score (nSPS) is 17.7. The molecule has 0 saturated carbocycles. The molecule has 1 amide bonds. The zero-order valence-corrected chi connectivity index (χ0v) is 15.8. The molecule has 27 heavy (non-hydrogen) atoms. The van der Waals surface area contributed by atoms with Gasteiger partial charge in [0.15, 0.2) is 0 Å². The minimum Gasteiger partial charge on any atom is -0.338 e. The van der Waals surface area contributed by atoms with Gasteiger partial charge in [-0.25, -0.2) is 9.50 Å². The number of hydrogen-bond acceptors (Lipinski definition) is 5. The van der Waals surface area contributed by atoms with Gasteiger partial charge in [0.05, 0.1) is 11.3 Å². The Morgan fingerprint density at radius 3 is 3.11 bits per heavy atom. The third-order valence-corrected chi connectivity index (χ3v) is 6.21. The van der Waals surface area contributed by atoms with Gasteiger partial charge in [-0.3, -0.25) is 4.79 Å². The first-order valence-electron chi connectivity index (χ1n) is 9.13. The number of aromatic nitrogens is 4. The second-order valence-corrected chi connectivity index (χ2v) is 7.94. The van der Waals surface area contributed by atoms with E-state index in [1.165, 1.54) is 6.33 Å². The number of piperidine rings is 1. The molecule has 1 saturated heterocycles. The van der Waals surface area contributed by atoms with Crippen molar-refractivity contribution in [2.45, 2.75) is 25.7 Å². The maximum Gasteiger partial charge on any atom is 0.255 e. The van der Waals surface area contributed by atoms with Gasteiger partial charge < -0.3 is 4.90 Å². The number of nitrogens with zero attached hydrogens (tertiary/aromatic N) is 5. The number of thiophene rings is 1. The smallest absolute Gasteiger partial charge is 0.255 e. The molecule has 1 aromatic carbocycles. The molecule has 1 aliphatic rings. The molecule has 4 heterocycles. The standard InChI is InChI=1S/C20H19N5OS/c1-13-9-17(25-20(23-13)21-12-22-25)14-5-4-8-24(10-14)19(26)16-11-27-18-7-3-2-6-15(16)18/h2-3,6-7,9,11-12,14H,4-5,8,10H2,1H3. The second-order valence-electron chi connectivity index (χ2n) is 7.03. The van der Waals surface area contributed by atoms with Gasteiger partial charge >= 0.3 is 0 Å². The molecule has 1 unspecified atom stereocenters. The molecule has 0 radical (unpaired) electrons. The summed E-state index contributed by atoms with van der Waals surface area (Å²) in [7, 11) is 0. The Kier molecular flexibility index (Phi) is 3.89. The highest BCUT2D eigenvalue weighted by atomic mass is 32.1. The quantitative estimate of drug-likeness (QED) is 0.535. The van der Waals surface area contributed by atoms with Gasteiger partial charge in [0.25, 0.3) is 11.7 Å². The molecule has 4 aromatic rings. The number of carbonyl (C=O) groups is 1. The van der Waals surface area contributed by atoms with E-state index in [4.69, 9.17) is 0 Å². The fourth-order valence-corrected chi connectivity index (χ4v) is 4.90. The summed E-state index contributed by atoms with van der Waals surface area (Å²) in [5.74, 6) is 0.980. The fourth-order valence-electron chi connectivity index (χ4n) is 3.97. The van der Waals surface area contributed by atoms with Crippen LogP contribution in [0.4, 0.5) is 0 Å². The van der Waals surface area contributed by atoms with Crippen molar-refractivity contribution in [2.24, 2.45) is 0 Å². The summed E-state index contributed by atoms with van der Waals surface area (Å²) in [4.78, 5) is 23.9. The molecule has 3 aromatic heterocycles. The van der Waals surface area contributed by atoms with Crippen molar-refractivity contribution in [3.8, 4) is 0 Å². The van der Waals surface area contributed by atoms with Crippen LogP contribution in [-0.4, -0.2) is 43.5 Å². The van der Waals surface area contributed by atoms with Gasteiger partial charge in [0, 0.05) is 40.2 Å². The summed E-state index contributed by atoms with van der Waals surface area (Å²) in [5, 5.41) is 7.37. The summed E-state index contributed by atoms with van der Waals surface area (Å²) < 4.78 is 2.97. The lowest BCUT2D eigenvalue weighted by atomic mass is 9.93. The average Bonchev–Trinajstić information content (AvgIpc) is 3.33. The molecule has 0 spiro atoms. The minimum absolute atomic E-state index is 0.123. The number of amides is 1. The van der Waals surface area contributed by atoms with E-state index in [-0.39, 0.29) is 11.8 Å². The van der Waals surface area contributed by atoms with Crippen LogP contribution in [0.25, 0.3) is 15.9 Å². The Hall–Kier alpha value is -2.80. The summed E-state index contributed by atoms with van der Waals surface area (Å²) in [6, 6.07) is 10.2. The molecule has 7 heteroatoms. The van der Waals surface area contributed by atoms with Crippen molar-refractivity contribution in [1.82, 2.24) is 24.5 Å². The SMILES string of the molecule is Cc1cc(C2CCCN(C(=O)c3csc4ccccc34)C2)n2ncnc2n1. The van der Waals surface area contributed by atoms with Crippen LogP contribution in [0.5, 0.6) is 0 Å². The van der Waals surface area contributed by atoms with E-state index in [0.29, 0.717) is 12.3 Å².